The normalized spacial score (nSPS) is 28.2. The predicted octanol–water partition coefficient (Wildman–Crippen LogP) is 1.66. The molecule has 0 radical (unpaired) electrons. The second-order valence-electron chi connectivity index (χ2n) is 4.60. The summed E-state index contributed by atoms with van der Waals surface area (Å²) < 4.78 is 5.44. The highest BCUT2D eigenvalue weighted by Gasteiger charge is 2.26. The second kappa shape index (κ2) is 7.20. The Morgan fingerprint density at radius 3 is 2.87 bits per heavy atom. The monoisotopic (exact) mass is 214 g/mol. The zero-order valence-corrected chi connectivity index (χ0v) is 10.2. The van der Waals surface area contributed by atoms with Gasteiger partial charge in [-0.1, -0.05) is 13.3 Å². The van der Waals surface area contributed by atoms with Gasteiger partial charge in [0.05, 0.1) is 6.10 Å². The van der Waals surface area contributed by atoms with E-state index < -0.39 is 0 Å². The molecule has 90 valence electrons. The Hall–Kier alpha value is -0.120. The first-order chi connectivity index (χ1) is 7.27. The van der Waals surface area contributed by atoms with E-state index in [2.05, 4.69) is 12.2 Å². The molecule has 1 aliphatic rings. The van der Waals surface area contributed by atoms with Crippen molar-refractivity contribution in [2.75, 3.05) is 13.7 Å². The van der Waals surface area contributed by atoms with E-state index in [-0.39, 0.29) is 0 Å². The Morgan fingerprint density at radius 2 is 2.20 bits per heavy atom. The summed E-state index contributed by atoms with van der Waals surface area (Å²) in [5.74, 6) is 0. The zero-order chi connectivity index (χ0) is 11.1. The predicted molar refractivity (Wildman–Crippen MR) is 63.9 cm³/mol. The maximum absolute atomic E-state index is 5.96. The molecule has 3 N–H and O–H groups in total. The number of nitrogens with one attached hydrogen (secondary N) is 1. The van der Waals surface area contributed by atoms with Crippen LogP contribution < -0.4 is 11.1 Å². The van der Waals surface area contributed by atoms with Crippen LogP contribution in [0.2, 0.25) is 0 Å². The van der Waals surface area contributed by atoms with Crippen molar-refractivity contribution in [1.29, 1.82) is 0 Å². The van der Waals surface area contributed by atoms with Gasteiger partial charge in [-0.15, -0.1) is 0 Å². The van der Waals surface area contributed by atoms with Gasteiger partial charge < -0.3 is 15.8 Å². The van der Waals surface area contributed by atoms with E-state index in [0.717, 1.165) is 19.4 Å². The molecular formula is C12H26N2O. The van der Waals surface area contributed by atoms with Crippen molar-refractivity contribution in [3.05, 3.63) is 0 Å². The quantitative estimate of drug-likeness (QED) is 0.677. The van der Waals surface area contributed by atoms with Crippen LogP contribution in [0, 0.1) is 0 Å². The Bertz CT molecular complexity index is 164. The van der Waals surface area contributed by atoms with Gasteiger partial charge in [0.2, 0.25) is 0 Å². The lowest BCUT2D eigenvalue weighted by Gasteiger charge is -2.20. The van der Waals surface area contributed by atoms with Gasteiger partial charge in [0.25, 0.3) is 0 Å². The number of rotatable bonds is 7. The van der Waals surface area contributed by atoms with E-state index in [9.17, 15) is 0 Å². The van der Waals surface area contributed by atoms with Crippen LogP contribution in [-0.2, 0) is 4.74 Å². The molecule has 0 bridgehead atoms. The molecule has 1 saturated carbocycles. The van der Waals surface area contributed by atoms with Crippen molar-refractivity contribution >= 4 is 0 Å². The lowest BCUT2D eigenvalue weighted by molar-refractivity contribution is 0.0850. The highest BCUT2D eigenvalue weighted by molar-refractivity contribution is 4.84. The minimum Gasteiger partial charge on any atom is -0.380 e. The molecule has 0 aromatic rings. The van der Waals surface area contributed by atoms with Gasteiger partial charge in [-0.2, -0.15) is 0 Å². The summed E-state index contributed by atoms with van der Waals surface area (Å²) >= 11 is 0. The molecule has 0 spiro atoms. The number of hydrogen-bond acceptors (Lipinski definition) is 3. The number of methoxy groups -OCH3 is 1. The van der Waals surface area contributed by atoms with Crippen molar-refractivity contribution in [2.45, 2.75) is 63.6 Å². The maximum atomic E-state index is 5.96. The van der Waals surface area contributed by atoms with Crippen molar-refractivity contribution in [3.8, 4) is 0 Å². The SMILES string of the molecule is CCCC(N)CCNC1CCCC1OC. The van der Waals surface area contributed by atoms with Crippen LogP contribution in [0.4, 0.5) is 0 Å². The smallest absolute Gasteiger partial charge is 0.0724 e. The van der Waals surface area contributed by atoms with Crippen LogP contribution in [0.15, 0.2) is 0 Å². The van der Waals surface area contributed by atoms with Crippen molar-refractivity contribution < 1.29 is 4.74 Å². The van der Waals surface area contributed by atoms with Crippen LogP contribution in [0.3, 0.4) is 0 Å². The Labute approximate surface area is 93.8 Å². The molecule has 15 heavy (non-hydrogen) atoms. The van der Waals surface area contributed by atoms with Crippen molar-refractivity contribution in [2.24, 2.45) is 5.73 Å². The van der Waals surface area contributed by atoms with Gasteiger partial charge in [0.1, 0.15) is 0 Å². The fourth-order valence-electron chi connectivity index (χ4n) is 2.41. The molecule has 1 rings (SSSR count). The maximum Gasteiger partial charge on any atom is 0.0724 e. The third-order valence-corrected chi connectivity index (χ3v) is 3.34. The second-order valence-corrected chi connectivity index (χ2v) is 4.60. The molecule has 3 nitrogen and oxygen atoms in total. The Morgan fingerprint density at radius 1 is 1.40 bits per heavy atom. The molecule has 1 fully saturated rings. The molecule has 0 saturated heterocycles. The number of ether oxygens (including phenoxy) is 1. The van der Waals surface area contributed by atoms with Crippen LogP contribution in [0.5, 0.6) is 0 Å². The highest BCUT2D eigenvalue weighted by atomic mass is 16.5. The molecule has 1 aliphatic carbocycles. The summed E-state index contributed by atoms with van der Waals surface area (Å²) in [6.45, 7) is 3.22. The summed E-state index contributed by atoms with van der Waals surface area (Å²) in [6, 6.07) is 0.925. The van der Waals surface area contributed by atoms with Crippen LogP contribution in [0.1, 0.15) is 45.4 Å². The summed E-state index contributed by atoms with van der Waals surface area (Å²) in [5.41, 5.74) is 5.96. The zero-order valence-electron chi connectivity index (χ0n) is 10.2. The first kappa shape index (κ1) is 12.9. The van der Waals surface area contributed by atoms with Gasteiger partial charge in [-0.05, 0) is 38.6 Å². The van der Waals surface area contributed by atoms with E-state index in [4.69, 9.17) is 10.5 Å². The first-order valence-corrected chi connectivity index (χ1v) is 6.29. The Kier molecular flexibility index (Phi) is 6.22. The summed E-state index contributed by atoms with van der Waals surface area (Å²) in [6.07, 6.45) is 7.58. The van der Waals surface area contributed by atoms with Crippen molar-refractivity contribution in [1.82, 2.24) is 5.32 Å². The average Bonchev–Trinajstić information content (AvgIpc) is 2.66. The number of nitrogens with two attached hydrogens (primary N) is 1. The molecule has 3 heteroatoms. The van der Waals surface area contributed by atoms with E-state index in [1.807, 2.05) is 7.11 Å². The molecule has 0 aromatic carbocycles. The van der Waals surface area contributed by atoms with Crippen LogP contribution >= 0.6 is 0 Å². The van der Waals surface area contributed by atoms with Gasteiger partial charge in [0, 0.05) is 19.2 Å². The lowest BCUT2D eigenvalue weighted by atomic mass is 10.1. The fourth-order valence-corrected chi connectivity index (χ4v) is 2.41. The molecular weight excluding hydrogens is 188 g/mol. The minimum absolute atomic E-state index is 0.366. The molecule has 3 atom stereocenters. The van der Waals surface area contributed by atoms with Gasteiger partial charge >= 0.3 is 0 Å². The standard InChI is InChI=1S/C12H26N2O/c1-3-5-10(13)8-9-14-11-6-4-7-12(11)15-2/h10-12,14H,3-9,13H2,1-2H3. The van der Waals surface area contributed by atoms with Crippen LogP contribution in [0.25, 0.3) is 0 Å². The largest absolute Gasteiger partial charge is 0.380 e. The van der Waals surface area contributed by atoms with E-state index in [0.29, 0.717) is 18.2 Å². The van der Waals surface area contributed by atoms with Gasteiger partial charge in [-0.25, -0.2) is 0 Å². The first-order valence-electron chi connectivity index (χ1n) is 6.29. The fraction of sp³-hybridized carbons (Fsp3) is 1.00. The highest BCUT2D eigenvalue weighted by Crippen LogP contribution is 2.21. The van der Waals surface area contributed by atoms with E-state index in [1.165, 1.54) is 25.7 Å². The molecule has 3 unspecified atom stereocenters. The molecule has 0 heterocycles. The molecule has 0 aliphatic heterocycles. The van der Waals surface area contributed by atoms with E-state index >= 15 is 0 Å². The third kappa shape index (κ3) is 4.49. The summed E-state index contributed by atoms with van der Waals surface area (Å²) in [4.78, 5) is 0. The third-order valence-electron chi connectivity index (χ3n) is 3.34. The number of hydrogen-bond donors (Lipinski definition) is 2. The van der Waals surface area contributed by atoms with Crippen LogP contribution in [-0.4, -0.2) is 31.8 Å². The average molecular weight is 214 g/mol. The van der Waals surface area contributed by atoms with Crippen molar-refractivity contribution in [3.63, 3.8) is 0 Å². The summed E-state index contributed by atoms with van der Waals surface area (Å²) in [5, 5.41) is 3.57. The van der Waals surface area contributed by atoms with Gasteiger partial charge in [0.15, 0.2) is 0 Å². The molecule has 0 amide bonds. The Balaban J connectivity index is 2.08. The lowest BCUT2D eigenvalue weighted by Crippen LogP contribution is -2.39. The molecule has 0 aromatic heterocycles. The minimum atomic E-state index is 0.366. The van der Waals surface area contributed by atoms with Gasteiger partial charge in [-0.3, -0.25) is 0 Å². The topological polar surface area (TPSA) is 47.3 Å². The summed E-state index contributed by atoms with van der Waals surface area (Å²) in [7, 11) is 1.81. The van der Waals surface area contributed by atoms with E-state index in [1.54, 1.807) is 0 Å².